The van der Waals surface area contributed by atoms with Crippen LogP contribution in [0.5, 0.6) is 0 Å². The van der Waals surface area contributed by atoms with Crippen LogP contribution in [0.3, 0.4) is 0 Å². The van der Waals surface area contributed by atoms with E-state index in [0.29, 0.717) is 12.8 Å². The summed E-state index contributed by atoms with van der Waals surface area (Å²) in [5.41, 5.74) is 4.02. The molecule has 0 heterocycles. The zero-order valence-corrected chi connectivity index (χ0v) is 9.24. The molecule has 1 aliphatic carbocycles. The fraction of sp³-hybridized carbons (Fsp3) is 0.500. The first-order chi connectivity index (χ1) is 7.97. The standard InChI is InChI=1S/C12H15F2NO2/c13-7-3-1-4-8(14)10(7)12(15)6-2-5-9(16)11(12)17/h1,3-4,9,11,16-17H,2,5-6,15H2. The fourth-order valence-electron chi connectivity index (χ4n) is 2.47. The molecular formula is C12H15F2NO2. The molecule has 0 saturated heterocycles. The number of hydrogen-bond donors (Lipinski definition) is 3. The molecular weight excluding hydrogens is 228 g/mol. The smallest absolute Gasteiger partial charge is 0.131 e. The van der Waals surface area contributed by atoms with E-state index in [1.165, 1.54) is 6.07 Å². The summed E-state index contributed by atoms with van der Waals surface area (Å²) in [6.07, 6.45) is -1.27. The highest BCUT2D eigenvalue weighted by Gasteiger charge is 2.45. The van der Waals surface area contributed by atoms with Gasteiger partial charge in [0.2, 0.25) is 0 Å². The van der Waals surface area contributed by atoms with Gasteiger partial charge in [0.05, 0.1) is 11.6 Å². The maximum absolute atomic E-state index is 13.7. The van der Waals surface area contributed by atoms with E-state index < -0.39 is 29.4 Å². The van der Waals surface area contributed by atoms with E-state index in [4.69, 9.17) is 5.73 Å². The number of aliphatic hydroxyl groups excluding tert-OH is 2. The summed E-state index contributed by atoms with van der Waals surface area (Å²) in [7, 11) is 0. The number of rotatable bonds is 1. The third-order valence-electron chi connectivity index (χ3n) is 3.41. The van der Waals surface area contributed by atoms with Gasteiger partial charge in [0.15, 0.2) is 0 Å². The van der Waals surface area contributed by atoms with Crippen molar-refractivity contribution in [1.29, 1.82) is 0 Å². The highest BCUT2D eigenvalue weighted by atomic mass is 19.1. The van der Waals surface area contributed by atoms with Gasteiger partial charge in [-0.25, -0.2) is 8.78 Å². The summed E-state index contributed by atoms with van der Waals surface area (Å²) < 4.78 is 27.3. The van der Waals surface area contributed by atoms with Gasteiger partial charge < -0.3 is 15.9 Å². The lowest BCUT2D eigenvalue weighted by atomic mass is 9.73. The maximum Gasteiger partial charge on any atom is 0.131 e. The molecule has 0 radical (unpaired) electrons. The summed E-state index contributed by atoms with van der Waals surface area (Å²) in [4.78, 5) is 0. The molecule has 17 heavy (non-hydrogen) atoms. The average molecular weight is 243 g/mol. The molecule has 4 N–H and O–H groups in total. The Morgan fingerprint density at radius 3 is 2.41 bits per heavy atom. The van der Waals surface area contributed by atoms with Crippen molar-refractivity contribution in [2.75, 3.05) is 0 Å². The van der Waals surface area contributed by atoms with Gasteiger partial charge in [-0.3, -0.25) is 0 Å². The van der Waals surface area contributed by atoms with Crippen LogP contribution in [0.4, 0.5) is 8.78 Å². The van der Waals surface area contributed by atoms with Crippen molar-refractivity contribution >= 4 is 0 Å². The van der Waals surface area contributed by atoms with E-state index in [0.717, 1.165) is 12.1 Å². The van der Waals surface area contributed by atoms with Gasteiger partial charge >= 0.3 is 0 Å². The number of hydrogen-bond acceptors (Lipinski definition) is 3. The van der Waals surface area contributed by atoms with Crippen LogP contribution < -0.4 is 5.73 Å². The van der Waals surface area contributed by atoms with E-state index in [1.54, 1.807) is 0 Å². The van der Waals surface area contributed by atoms with Crippen molar-refractivity contribution in [2.45, 2.75) is 37.0 Å². The Hall–Kier alpha value is -1.04. The van der Waals surface area contributed by atoms with E-state index >= 15 is 0 Å². The fourth-order valence-corrected chi connectivity index (χ4v) is 2.47. The van der Waals surface area contributed by atoms with Crippen LogP contribution >= 0.6 is 0 Å². The van der Waals surface area contributed by atoms with Crippen LogP contribution in [0.2, 0.25) is 0 Å². The normalized spacial score (nSPS) is 33.7. The third kappa shape index (κ3) is 1.94. The van der Waals surface area contributed by atoms with Gasteiger partial charge in [-0.15, -0.1) is 0 Å². The predicted octanol–water partition coefficient (Wildman–Crippen LogP) is 1.02. The van der Waals surface area contributed by atoms with E-state index in [1.807, 2.05) is 0 Å². The van der Waals surface area contributed by atoms with E-state index in [2.05, 4.69) is 0 Å². The summed E-state index contributed by atoms with van der Waals surface area (Å²) in [5.74, 6) is -1.58. The van der Waals surface area contributed by atoms with Crippen molar-refractivity contribution in [3.8, 4) is 0 Å². The zero-order chi connectivity index (χ0) is 12.6. The van der Waals surface area contributed by atoms with Crippen LogP contribution in [-0.2, 0) is 5.54 Å². The highest BCUT2D eigenvalue weighted by Crippen LogP contribution is 2.37. The predicted molar refractivity (Wildman–Crippen MR) is 58.1 cm³/mol. The molecule has 0 amide bonds. The van der Waals surface area contributed by atoms with Crippen LogP contribution in [-0.4, -0.2) is 22.4 Å². The lowest BCUT2D eigenvalue weighted by Crippen LogP contribution is -2.56. The summed E-state index contributed by atoms with van der Waals surface area (Å²) in [5, 5.41) is 19.5. The van der Waals surface area contributed by atoms with E-state index in [9.17, 15) is 19.0 Å². The van der Waals surface area contributed by atoms with Crippen LogP contribution in [0, 0.1) is 11.6 Å². The molecule has 3 nitrogen and oxygen atoms in total. The van der Waals surface area contributed by atoms with Gasteiger partial charge in [-0.1, -0.05) is 6.07 Å². The molecule has 1 aliphatic rings. The molecule has 0 bridgehead atoms. The first kappa shape index (κ1) is 12.4. The second-order valence-electron chi connectivity index (χ2n) is 4.54. The Kier molecular flexibility index (Phi) is 3.16. The highest BCUT2D eigenvalue weighted by molar-refractivity contribution is 5.30. The molecule has 2 rings (SSSR count). The number of nitrogens with two attached hydrogens (primary N) is 1. The molecule has 3 atom stereocenters. The Balaban J connectivity index is 2.50. The quantitative estimate of drug-likeness (QED) is 0.690. The number of halogens is 2. The molecule has 3 unspecified atom stereocenters. The average Bonchev–Trinajstić information content (AvgIpc) is 2.26. The minimum atomic E-state index is -1.56. The SMILES string of the molecule is NC1(c2c(F)cccc2F)CCCC(O)C1O. The molecule has 0 spiro atoms. The van der Waals surface area contributed by atoms with E-state index in [-0.39, 0.29) is 12.0 Å². The van der Waals surface area contributed by atoms with Crippen molar-refractivity contribution in [3.05, 3.63) is 35.4 Å². The molecule has 0 aliphatic heterocycles. The summed E-state index contributed by atoms with van der Waals surface area (Å²) >= 11 is 0. The van der Waals surface area contributed by atoms with Gasteiger partial charge in [-0.2, -0.15) is 0 Å². The van der Waals surface area contributed by atoms with Gasteiger partial charge in [0.1, 0.15) is 17.7 Å². The molecule has 0 aromatic heterocycles. The Morgan fingerprint density at radius 1 is 1.24 bits per heavy atom. The first-order valence-electron chi connectivity index (χ1n) is 5.56. The Morgan fingerprint density at radius 2 is 1.82 bits per heavy atom. The lowest BCUT2D eigenvalue weighted by Gasteiger charge is -2.41. The molecule has 1 aromatic carbocycles. The molecule has 94 valence electrons. The largest absolute Gasteiger partial charge is 0.390 e. The second-order valence-corrected chi connectivity index (χ2v) is 4.54. The molecule has 1 saturated carbocycles. The number of aliphatic hydroxyl groups is 2. The number of benzene rings is 1. The zero-order valence-electron chi connectivity index (χ0n) is 9.24. The lowest BCUT2D eigenvalue weighted by molar-refractivity contribution is -0.0615. The second kappa shape index (κ2) is 4.33. The van der Waals surface area contributed by atoms with Gasteiger partial charge in [-0.05, 0) is 31.4 Å². The Labute approximate surface area is 97.9 Å². The minimum absolute atomic E-state index is 0.239. The third-order valence-corrected chi connectivity index (χ3v) is 3.41. The van der Waals surface area contributed by atoms with Crippen molar-refractivity contribution in [2.24, 2.45) is 5.73 Å². The van der Waals surface area contributed by atoms with Gasteiger partial charge in [0, 0.05) is 5.56 Å². The van der Waals surface area contributed by atoms with Crippen LogP contribution in [0.15, 0.2) is 18.2 Å². The van der Waals surface area contributed by atoms with Gasteiger partial charge in [0.25, 0.3) is 0 Å². The monoisotopic (exact) mass is 243 g/mol. The van der Waals surface area contributed by atoms with Crippen LogP contribution in [0.1, 0.15) is 24.8 Å². The maximum atomic E-state index is 13.7. The van der Waals surface area contributed by atoms with Crippen LogP contribution in [0.25, 0.3) is 0 Å². The molecule has 1 aromatic rings. The molecule has 1 fully saturated rings. The Bertz CT molecular complexity index is 407. The van der Waals surface area contributed by atoms with Crippen molar-refractivity contribution in [1.82, 2.24) is 0 Å². The summed E-state index contributed by atoms with van der Waals surface area (Å²) in [6.45, 7) is 0. The van der Waals surface area contributed by atoms with Crippen molar-refractivity contribution in [3.63, 3.8) is 0 Å². The topological polar surface area (TPSA) is 66.5 Å². The minimum Gasteiger partial charge on any atom is -0.390 e. The van der Waals surface area contributed by atoms with Crippen molar-refractivity contribution < 1.29 is 19.0 Å². The summed E-state index contributed by atoms with van der Waals surface area (Å²) in [6, 6.07) is 3.44. The molecule has 5 heteroatoms. The first-order valence-corrected chi connectivity index (χ1v) is 5.56.